The van der Waals surface area contributed by atoms with E-state index in [1.54, 1.807) is 0 Å². The van der Waals surface area contributed by atoms with Gasteiger partial charge in [0, 0.05) is 18.3 Å². The Kier molecular flexibility index (Phi) is 8.57. The Balaban J connectivity index is 2.28. The van der Waals surface area contributed by atoms with Gasteiger partial charge >= 0.3 is 0 Å². The third kappa shape index (κ3) is 7.75. The summed E-state index contributed by atoms with van der Waals surface area (Å²) in [4.78, 5) is 0. The SMILES string of the molecule is CC(C)Oc1cc(N)ccc1NCCOCCOCCO. The highest BCUT2D eigenvalue weighted by Crippen LogP contribution is 2.27. The third-order valence-electron chi connectivity index (χ3n) is 2.54. The lowest BCUT2D eigenvalue weighted by Crippen LogP contribution is -2.14. The molecule has 0 saturated heterocycles. The first kappa shape index (κ1) is 17.6. The molecule has 6 heteroatoms. The lowest BCUT2D eigenvalue weighted by molar-refractivity contribution is 0.0361. The van der Waals surface area contributed by atoms with Crippen LogP contribution in [0.3, 0.4) is 0 Å². The Labute approximate surface area is 126 Å². The molecule has 0 radical (unpaired) electrons. The molecule has 0 atom stereocenters. The molecule has 0 aliphatic rings. The summed E-state index contributed by atoms with van der Waals surface area (Å²) in [5, 5.41) is 11.8. The first-order chi connectivity index (χ1) is 10.1. The maximum Gasteiger partial charge on any atom is 0.144 e. The van der Waals surface area contributed by atoms with E-state index in [9.17, 15) is 0 Å². The van der Waals surface area contributed by atoms with Gasteiger partial charge in [-0.05, 0) is 26.0 Å². The quantitative estimate of drug-likeness (QED) is 0.424. The first-order valence-electron chi connectivity index (χ1n) is 7.20. The van der Waals surface area contributed by atoms with Crippen LogP contribution in [-0.4, -0.2) is 50.8 Å². The van der Waals surface area contributed by atoms with Crippen LogP contribution in [0.15, 0.2) is 18.2 Å². The second-order valence-corrected chi connectivity index (χ2v) is 4.80. The molecule has 6 nitrogen and oxygen atoms in total. The molecule has 0 heterocycles. The van der Waals surface area contributed by atoms with Crippen LogP contribution in [0.2, 0.25) is 0 Å². The van der Waals surface area contributed by atoms with Crippen LogP contribution in [0.25, 0.3) is 0 Å². The van der Waals surface area contributed by atoms with Crippen LogP contribution in [0.1, 0.15) is 13.8 Å². The van der Waals surface area contributed by atoms with E-state index in [2.05, 4.69) is 5.32 Å². The molecule has 0 aliphatic carbocycles. The van der Waals surface area contributed by atoms with E-state index in [0.29, 0.717) is 38.7 Å². The third-order valence-corrected chi connectivity index (χ3v) is 2.54. The fourth-order valence-corrected chi connectivity index (χ4v) is 1.68. The number of anilines is 2. The molecule has 0 aromatic heterocycles. The summed E-state index contributed by atoms with van der Waals surface area (Å²) in [5.41, 5.74) is 7.35. The average Bonchev–Trinajstić information content (AvgIpc) is 2.43. The highest BCUT2D eigenvalue weighted by molar-refractivity contribution is 5.62. The van der Waals surface area contributed by atoms with Crippen LogP contribution in [0.4, 0.5) is 11.4 Å². The molecule has 0 amide bonds. The Morgan fingerprint density at radius 2 is 1.86 bits per heavy atom. The zero-order chi connectivity index (χ0) is 15.5. The normalized spacial score (nSPS) is 10.9. The summed E-state index contributed by atoms with van der Waals surface area (Å²) >= 11 is 0. The van der Waals surface area contributed by atoms with E-state index in [1.807, 2.05) is 32.0 Å². The van der Waals surface area contributed by atoms with Gasteiger partial charge in [-0.1, -0.05) is 0 Å². The Hall–Kier alpha value is -1.50. The molecule has 0 aliphatic heterocycles. The average molecular weight is 298 g/mol. The molecule has 120 valence electrons. The minimum Gasteiger partial charge on any atom is -0.489 e. The largest absolute Gasteiger partial charge is 0.489 e. The van der Waals surface area contributed by atoms with E-state index in [0.717, 1.165) is 11.4 Å². The van der Waals surface area contributed by atoms with Crippen molar-refractivity contribution >= 4 is 11.4 Å². The van der Waals surface area contributed by atoms with E-state index in [1.165, 1.54) is 0 Å². The van der Waals surface area contributed by atoms with Gasteiger partial charge in [0.05, 0.1) is 44.8 Å². The zero-order valence-electron chi connectivity index (χ0n) is 12.8. The number of aliphatic hydroxyl groups excluding tert-OH is 1. The summed E-state index contributed by atoms with van der Waals surface area (Å²) in [6.45, 7) is 6.57. The van der Waals surface area contributed by atoms with Crippen molar-refractivity contribution in [2.75, 3.05) is 50.6 Å². The van der Waals surface area contributed by atoms with E-state index in [-0.39, 0.29) is 12.7 Å². The fraction of sp³-hybridized carbons (Fsp3) is 0.600. The second kappa shape index (κ2) is 10.3. The standard InChI is InChI=1S/C15H26N2O4/c1-12(2)21-15-11-13(16)3-4-14(15)17-5-7-19-9-10-20-8-6-18/h3-4,11-12,17-18H,5-10,16H2,1-2H3. The summed E-state index contributed by atoms with van der Waals surface area (Å²) < 4.78 is 16.2. The number of aliphatic hydroxyl groups is 1. The number of hydrogen-bond acceptors (Lipinski definition) is 6. The molecular formula is C15H26N2O4. The van der Waals surface area contributed by atoms with Crippen molar-refractivity contribution in [2.24, 2.45) is 0 Å². The summed E-state index contributed by atoms with van der Waals surface area (Å²) in [5.74, 6) is 0.747. The molecule has 0 spiro atoms. The molecule has 21 heavy (non-hydrogen) atoms. The first-order valence-corrected chi connectivity index (χ1v) is 7.20. The van der Waals surface area contributed by atoms with E-state index >= 15 is 0 Å². The lowest BCUT2D eigenvalue weighted by atomic mass is 10.2. The maximum atomic E-state index is 8.54. The fourth-order valence-electron chi connectivity index (χ4n) is 1.68. The maximum absolute atomic E-state index is 8.54. The number of nitrogen functional groups attached to an aromatic ring is 1. The Morgan fingerprint density at radius 1 is 1.14 bits per heavy atom. The van der Waals surface area contributed by atoms with Crippen LogP contribution >= 0.6 is 0 Å². The van der Waals surface area contributed by atoms with Gasteiger partial charge < -0.3 is 30.4 Å². The topological polar surface area (TPSA) is 86.0 Å². The number of rotatable bonds is 11. The van der Waals surface area contributed by atoms with Crippen molar-refractivity contribution < 1.29 is 19.3 Å². The molecule has 0 bridgehead atoms. The summed E-state index contributed by atoms with van der Waals surface area (Å²) in [6.07, 6.45) is 0.0901. The van der Waals surface area contributed by atoms with Gasteiger partial charge in [-0.3, -0.25) is 0 Å². The minimum atomic E-state index is 0.0390. The Bertz CT molecular complexity index is 399. The molecule has 0 unspecified atom stereocenters. The van der Waals surface area contributed by atoms with Gasteiger partial charge in [0.1, 0.15) is 5.75 Å². The highest BCUT2D eigenvalue weighted by Gasteiger charge is 2.06. The predicted molar refractivity (Wildman–Crippen MR) is 83.8 cm³/mol. The van der Waals surface area contributed by atoms with Crippen molar-refractivity contribution in [3.8, 4) is 5.75 Å². The number of hydrogen-bond donors (Lipinski definition) is 3. The van der Waals surface area contributed by atoms with Crippen molar-refractivity contribution in [3.05, 3.63) is 18.2 Å². The minimum absolute atomic E-state index is 0.0390. The van der Waals surface area contributed by atoms with Crippen LogP contribution in [-0.2, 0) is 9.47 Å². The molecule has 1 aromatic rings. The molecule has 1 rings (SSSR count). The Morgan fingerprint density at radius 3 is 2.52 bits per heavy atom. The van der Waals surface area contributed by atoms with E-state index < -0.39 is 0 Å². The lowest BCUT2D eigenvalue weighted by Gasteiger charge is -2.16. The van der Waals surface area contributed by atoms with Gasteiger partial charge in [0.15, 0.2) is 0 Å². The van der Waals surface area contributed by atoms with Gasteiger partial charge in [0.2, 0.25) is 0 Å². The monoisotopic (exact) mass is 298 g/mol. The van der Waals surface area contributed by atoms with Crippen molar-refractivity contribution in [3.63, 3.8) is 0 Å². The van der Waals surface area contributed by atoms with Crippen LogP contribution in [0, 0.1) is 0 Å². The molecule has 4 N–H and O–H groups in total. The number of nitrogens with two attached hydrogens (primary N) is 1. The second-order valence-electron chi connectivity index (χ2n) is 4.80. The van der Waals surface area contributed by atoms with Gasteiger partial charge in [-0.25, -0.2) is 0 Å². The summed E-state index contributed by atoms with van der Waals surface area (Å²) in [6, 6.07) is 5.54. The highest BCUT2D eigenvalue weighted by atomic mass is 16.5. The smallest absolute Gasteiger partial charge is 0.144 e. The van der Waals surface area contributed by atoms with Gasteiger partial charge in [-0.2, -0.15) is 0 Å². The van der Waals surface area contributed by atoms with Crippen LogP contribution < -0.4 is 15.8 Å². The molecule has 0 fully saturated rings. The van der Waals surface area contributed by atoms with E-state index in [4.69, 9.17) is 25.1 Å². The van der Waals surface area contributed by atoms with Crippen molar-refractivity contribution in [2.45, 2.75) is 20.0 Å². The number of benzene rings is 1. The zero-order valence-corrected chi connectivity index (χ0v) is 12.8. The van der Waals surface area contributed by atoms with Gasteiger partial charge in [-0.15, -0.1) is 0 Å². The molecular weight excluding hydrogens is 272 g/mol. The predicted octanol–water partition coefficient (Wildman–Crippen LogP) is 1.49. The number of ether oxygens (including phenoxy) is 3. The molecule has 0 saturated carbocycles. The molecule has 1 aromatic carbocycles. The summed E-state index contributed by atoms with van der Waals surface area (Å²) in [7, 11) is 0. The van der Waals surface area contributed by atoms with Crippen LogP contribution in [0.5, 0.6) is 5.75 Å². The van der Waals surface area contributed by atoms with Crippen molar-refractivity contribution in [1.82, 2.24) is 0 Å². The van der Waals surface area contributed by atoms with Crippen molar-refractivity contribution in [1.29, 1.82) is 0 Å². The van der Waals surface area contributed by atoms with Gasteiger partial charge in [0.25, 0.3) is 0 Å². The number of nitrogens with one attached hydrogen (secondary N) is 1.